The topological polar surface area (TPSA) is 40.3 Å². The molecule has 0 radical (unpaired) electrons. The molecule has 5 heteroatoms. The Hall–Kier alpha value is -1.23. The summed E-state index contributed by atoms with van der Waals surface area (Å²) in [6.45, 7) is 10.9. The second-order valence-corrected chi connectivity index (χ2v) is 9.78. The third kappa shape index (κ3) is 4.19. The van der Waals surface area contributed by atoms with E-state index in [0.717, 1.165) is 49.2 Å². The molecule has 3 atom stereocenters. The molecule has 2 fully saturated rings. The van der Waals surface area contributed by atoms with E-state index in [0.29, 0.717) is 12.0 Å². The minimum absolute atomic E-state index is 0.233. The van der Waals surface area contributed by atoms with Crippen molar-refractivity contribution in [3.05, 3.63) is 29.8 Å². The fourth-order valence-electron chi connectivity index (χ4n) is 5.05. The average Bonchev–Trinajstić information content (AvgIpc) is 3.01. The Morgan fingerprint density at radius 2 is 2.04 bits per heavy atom. The molecule has 2 aliphatic rings. The predicted octanol–water partition coefficient (Wildman–Crippen LogP) is 4.95. The van der Waals surface area contributed by atoms with Crippen LogP contribution in [0.1, 0.15) is 51.6 Å². The number of H-pyrrole nitrogens is 1. The minimum atomic E-state index is -0.233. The minimum Gasteiger partial charge on any atom is -0.473 e. The van der Waals surface area contributed by atoms with Crippen molar-refractivity contribution in [1.82, 2.24) is 15.2 Å². The van der Waals surface area contributed by atoms with Gasteiger partial charge in [0.15, 0.2) is 5.88 Å². The molecule has 2 N–H and O–H groups in total. The number of fused-ring (bicyclic) bond motifs is 2. The highest BCUT2D eigenvalue weighted by Gasteiger charge is 2.40. The molecule has 0 bridgehead atoms. The lowest BCUT2D eigenvalue weighted by molar-refractivity contribution is 0.0620. The second kappa shape index (κ2) is 8.25. The molecule has 28 heavy (non-hydrogen) atoms. The number of nitrogens with one attached hydrogen (secondary N) is 2. The van der Waals surface area contributed by atoms with E-state index in [2.05, 4.69) is 60.2 Å². The van der Waals surface area contributed by atoms with Crippen molar-refractivity contribution in [2.45, 2.75) is 51.7 Å². The van der Waals surface area contributed by atoms with Crippen molar-refractivity contribution in [3.63, 3.8) is 0 Å². The summed E-state index contributed by atoms with van der Waals surface area (Å²) in [5.74, 6) is 3.08. The highest BCUT2D eigenvalue weighted by molar-refractivity contribution is 6.17. The molecular formula is C23H34ClN3O. The number of benzene rings is 1. The number of hydrogen-bond donors (Lipinski definition) is 2. The summed E-state index contributed by atoms with van der Waals surface area (Å²) < 4.78 is 6.42. The maximum atomic E-state index is 6.42. The van der Waals surface area contributed by atoms with Gasteiger partial charge in [-0.1, -0.05) is 18.2 Å². The van der Waals surface area contributed by atoms with Crippen LogP contribution in [0.5, 0.6) is 5.88 Å². The molecule has 3 unspecified atom stereocenters. The number of piperidine rings is 2. The molecule has 154 valence electrons. The Labute approximate surface area is 174 Å². The number of hydrogen-bond acceptors (Lipinski definition) is 3. The maximum Gasteiger partial charge on any atom is 0.197 e. The van der Waals surface area contributed by atoms with Gasteiger partial charge >= 0.3 is 0 Å². The van der Waals surface area contributed by atoms with Gasteiger partial charge in [0, 0.05) is 34.9 Å². The fourth-order valence-corrected chi connectivity index (χ4v) is 5.17. The monoisotopic (exact) mass is 403 g/mol. The molecule has 4 nitrogen and oxygen atoms in total. The zero-order valence-electron chi connectivity index (χ0n) is 17.4. The van der Waals surface area contributed by atoms with Crippen molar-refractivity contribution in [2.24, 2.45) is 11.8 Å². The second-order valence-electron chi connectivity index (χ2n) is 9.40. The Morgan fingerprint density at radius 3 is 2.82 bits per heavy atom. The van der Waals surface area contributed by atoms with E-state index in [1.807, 2.05) is 0 Å². The molecule has 1 aromatic heterocycles. The number of aromatic nitrogens is 1. The van der Waals surface area contributed by atoms with Crippen molar-refractivity contribution >= 4 is 22.5 Å². The van der Waals surface area contributed by atoms with Crippen molar-refractivity contribution in [1.29, 1.82) is 0 Å². The number of para-hydroxylation sites is 1. The number of rotatable bonds is 5. The van der Waals surface area contributed by atoms with Gasteiger partial charge in [0.25, 0.3) is 0 Å². The molecule has 1 aromatic carbocycles. The molecule has 0 spiro atoms. The molecular weight excluding hydrogens is 370 g/mol. The van der Waals surface area contributed by atoms with Crippen molar-refractivity contribution in [3.8, 4) is 5.88 Å². The molecule has 2 aromatic rings. The van der Waals surface area contributed by atoms with Gasteiger partial charge in [-0.3, -0.25) is 0 Å². The lowest BCUT2D eigenvalue weighted by Crippen LogP contribution is -2.50. The first-order chi connectivity index (χ1) is 13.5. The van der Waals surface area contributed by atoms with Gasteiger partial charge < -0.3 is 19.9 Å². The Morgan fingerprint density at radius 1 is 1.21 bits per heavy atom. The van der Waals surface area contributed by atoms with Gasteiger partial charge in [0.1, 0.15) is 5.60 Å². The van der Waals surface area contributed by atoms with E-state index in [4.69, 9.17) is 16.3 Å². The molecule has 0 amide bonds. The highest BCUT2D eigenvalue weighted by atomic mass is 35.5. The van der Waals surface area contributed by atoms with E-state index < -0.39 is 0 Å². The summed E-state index contributed by atoms with van der Waals surface area (Å²) in [5, 5.41) is 5.15. The quantitative estimate of drug-likeness (QED) is 0.694. The molecule has 0 aliphatic carbocycles. The predicted molar refractivity (Wildman–Crippen MR) is 117 cm³/mol. The van der Waals surface area contributed by atoms with Gasteiger partial charge in [0.2, 0.25) is 0 Å². The van der Waals surface area contributed by atoms with Crippen LogP contribution in [0.3, 0.4) is 0 Å². The van der Waals surface area contributed by atoms with E-state index in [1.165, 1.54) is 30.3 Å². The number of ether oxygens (including phenoxy) is 1. The van der Waals surface area contributed by atoms with Gasteiger partial charge in [-0.05, 0) is 77.6 Å². The van der Waals surface area contributed by atoms with Crippen LogP contribution in [0.4, 0.5) is 0 Å². The smallest absolute Gasteiger partial charge is 0.197 e. The van der Waals surface area contributed by atoms with Gasteiger partial charge in [-0.25, -0.2) is 0 Å². The van der Waals surface area contributed by atoms with Crippen molar-refractivity contribution in [2.75, 3.05) is 32.1 Å². The van der Waals surface area contributed by atoms with Crippen LogP contribution in [-0.4, -0.2) is 47.5 Å². The molecule has 2 saturated heterocycles. The zero-order chi connectivity index (χ0) is 19.7. The summed E-state index contributed by atoms with van der Waals surface area (Å²) in [4.78, 5) is 6.18. The number of nitrogens with zero attached hydrogens (tertiary/aromatic N) is 1. The SMILES string of the molecule is CC(C)(C)Oc1[nH]c2ccccc2c1C1NCCC2CCN(CCCCl)CC21. The van der Waals surface area contributed by atoms with Crippen LogP contribution in [0.2, 0.25) is 0 Å². The lowest BCUT2D eigenvalue weighted by Gasteiger charge is -2.46. The van der Waals surface area contributed by atoms with E-state index in [1.54, 1.807) is 0 Å². The first-order valence-electron chi connectivity index (χ1n) is 10.8. The Bertz CT molecular complexity index is 797. The zero-order valence-corrected chi connectivity index (χ0v) is 18.2. The number of aromatic amines is 1. The maximum absolute atomic E-state index is 6.42. The summed E-state index contributed by atoms with van der Waals surface area (Å²) >= 11 is 5.96. The molecule has 3 heterocycles. The third-order valence-electron chi connectivity index (χ3n) is 6.24. The van der Waals surface area contributed by atoms with Gasteiger partial charge in [-0.15, -0.1) is 11.6 Å². The van der Waals surface area contributed by atoms with Crippen LogP contribution in [0.25, 0.3) is 10.9 Å². The summed E-state index contributed by atoms with van der Waals surface area (Å²) in [7, 11) is 0. The summed E-state index contributed by atoms with van der Waals surface area (Å²) in [6.07, 6.45) is 3.65. The van der Waals surface area contributed by atoms with Gasteiger partial charge in [0.05, 0.1) is 0 Å². The number of halogens is 1. The number of likely N-dealkylation sites (tertiary alicyclic amines) is 1. The van der Waals surface area contributed by atoms with E-state index >= 15 is 0 Å². The van der Waals surface area contributed by atoms with Crippen LogP contribution in [-0.2, 0) is 0 Å². The van der Waals surface area contributed by atoms with Crippen LogP contribution in [0, 0.1) is 11.8 Å². The van der Waals surface area contributed by atoms with Crippen LogP contribution < -0.4 is 10.1 Å². The van der Waals surface area contributed by atoms with Crippen molar-refractivity contribution < 1.29 is 4.74 Å². The fraction of sp³-hybridized carbons (Fsp3) is 0.652. The first kappa shape index (κ1) is 20.1. The van der Waals surface area contributed by atoms with Crippen LogP contribution in [0.15, 0.2) is 24.3 Å². The third-order valence-corrected chi connectivity index (χ3v) is 6.50. The molecule has 4 rings (SSSR count). The first-order valence-corrected chi connectivity index (χ1v) is 11.3. The average molecular weight is 404 g/mol. The standard InChI is InChI=1S/C23H34ClN3O/c1-23(2,3)28-22-20(17-7-4-5-8-19(17)26-22)21-18-15-27(13-6-11-24)14-10-16(18)9-12-25-21/h4-5,7-8,16,18,21,25-26H,6,9-15H2,1-3H3. The van der Waals surface area contributed by atoms with E-state index in [9.17, 15) is 0 Å². The normalized spacial score (nSPS) is 26.4. The summed E-state index contributed by atoms with van der Waals surface area (Å²) in [5.41, 5.74) is 2.25. The Kier molecular flexibility index (Phi) is 5.91. The number of alkyl halides is 1. The largest absolute Gasteiger partial charge is 0.473 e. The van der Waals surface area contributed by atoms with E-state index in [-0.39, 0.29) is 5.60 Å². The Balaban J connectivity index is 1.70. The summed E-state index contributed by atoms with van der Waals surface area (Å²) in [6, 6.07) is 8.94. The lowest BCUT2D eigenvalue weighted by atomic mass is 9.74. The van der Waals surface area contributed by atoms with Crippen LogP contribution >= 0.6 is 11.6 Å². The highest BCUT2D eigenvalue weighted by Crippen LogP contribution is 2.44. The van der Waals surface area contributed by atoms with Gasteiger partial charge in [-0.2, -0.15) is 0 Å². The molecule has 2 aliphatic heterocycles. The molecule has 0 saturated carbocycles.